The van der Waals surface area contributed by atoms with Crippen molar-refractivity contribution >= 4 is 17.5 Å². The average molecular weight is 286 g/mol. The van der Waals surface area contributed by atoms with Gasteiger partial charge < -0.3 is 10.2 Å². The molecule has 1 heterocycles. The molecule has 0 radical (unpaired) electrons. The lowest BCUT2D eigenvalue weighted by molar-refractivity contribution is 0.0953. The molecule has 0 spiro atoms. The zero-order valence-electron chi connectivity index (χ0n) is 11.0. The summed E-state index contributed by atoms with van der Waals surface area (Å²) >= 11 is 1.46. The predicted octanol–water partition coefficient (Wildman–Crippen LogP) is 3.94. The third kappa shape index (κ3) is 1.96. The minimum absolute atomic E-state index is 0.00440. The van der Waals surface area contributed by atoms with E-state index < -0.39 is 0 Å². The lowest BCUT2D eigenvalue weighted by Crippen LogP contribution is -2.11. The minimum Gasteiger partial charge on any atom is -0.504 e. The Kier molecular flexibility index (Phi) is 3.18. The maximum Gasteiger partial charge on any atom is 0.171 e. The third-order valence-corrected chi connectivity index (χ3v) is 4.73. The lowest BCUT2D eigenvalue weighted by atomic mass is 9.88. The first-order chi connectivity index (χ1) is 9.61. The van der Waals surface area contributed by atoms with Crippen LogP contribution in [0.5, 0.6) is 11.5 Å². The summed E-state index contributed by atoms with van der Waals surface area (Å²) in [5.41, 5.74) is 1.49. The number of aromatic hydroxyl groups is 2. The van der Waals surface area contributed by atoms with Crippen molar-refractivity contribution in [2.45, 2.75) is 29.1 Å². The van der Waals surface area contributed by atoms with Crippen molar-refractivity contribution in [1.29, 1.82) is 0 Å². The summed E-state index contributed by atoms with van der Waals surface area (Å²) in [6.07, 6.45) is 0.706. The first-order valence-corrected chi connectivity index (χ1v) is 7.30. The molecule has 0 saturated heterocycles. The Morgan fingerprint density at radius 1 is 1.10 bits per heavy atom. The van der Waals surface area contributed by atoms with Gasteiger partial charge in [-0.3, -0.25) is 4.79 Å². The van der Waals surface area contributed by atoms with Crippen LogP contribution in [0, 0.1) is 0 Å². The zero-order valence-corrected chi connectivity index (χ0v) is 11.8. The molecule has 102 valence electrons. The summed E-state index contributed by atoms with van der Waals surface area (Å²) in [6, 6.07) is 10.7. The van der Waals surface area contributed by atoms with Crippen molar-refractivity contribution < 1.29 is 15.0 Å². The second-order valence-electron chi connectivity index (χ2n) is 4.80. The van der Waals surface area contributed by atoms with Gasteiger partial charge in [0.2, 0.25) is 0 Å². The summed E-state index contributed by atoms with van der Waals surface area (Å²) in [7, 11) is 0. The molecule has 1 aliphatic rings. The van der Waals surface area contributed by atoms with Crippen LogP contribution in [0.4, 0.5) is 0 Å². The van der Waals surface area contributed by atoms with E-state index in [-0.39, 0.29) is 23.2 Å². The Bertz CT molecular complexity index is 694. The van der Waals surface area contributed by atoms with E-state index in [9.17, 15) is 15.0 Å². The molecular weight excluding hydrogens is 272 g/mol. The molecular formula is C16H14O3S. The fourth-order valence-corrected chi connectivity index (χ4v) is 3.70. The first kappa shape index (κ1) is 13.1. The maximum absolute atomic E-state index is 12.7. The van der Waals surface area contributed by atoms with Crippen LogP contribution in [0.2, 0.25) is 0 Å². The van der Waals surface area contributed by atoms with E-state index in [4.69, 9.17) is 0 Å². The van der Waals surface area contributed by atoms with E-state index >= 15 is 0 Å². The van der Waals surface area contributed by atoms with Crippen molar-refractivity contribution in [2.24, 2.45) is 0 Å². The number of phenols is 2. The highest BCUT2D eigenvalue weighted by molar-refractivity contribution is 7.99. The van der Waals surface area contributed by atoms with Crippen LogP contribution < -0.4 is 0 Å². The highest BCUT2D eigenvalue weighted by Crippen LogP contribution is 2.45. The molecule has 0 saturated carbocycles. The molecule has 4 heteroatoms. The van der Waals surface area contributed by atoms with Crippen molar-refractivity contribution in [3.63, 3.8) is 0 Å². The van der Waals surface area contributed by atoms with Crippen LogP contribution in [0.1, 0.15) is 35.2 Å². The van der Waals surface area contributed by atoms with Gasteiger partial charge in [0.05, 0.1) is 0 Å². The van der Waals surface area contributed by atoms with Gasteiger partial charge in [0, 0.05) is 21.3 Å². The van der Waals surface area contributed by atoms with Crippen LogP contribution in [-0.2, 0) is 0 Å². The van der Waals surface area contributed by atoms with Crippen LogP contribution in [-0.4, -0.2) is 16.0 Å². The number of hydrogen-bond acceptors (Lipinski definition) is 4. The van der Waals surface area contributed by atoms with Crippen molar-refractivity contribution in [3.8, 4) is 11.5 Å². The Hall–Kier alpha value is -1.94. The number of fused-ring (bicyclic) bond motifs is 2. The largest absolute Gasteiger partial charge is 0.504 e. The molecule has 2 N–H and O–H groups in total. The molecule has 3 nitrogen and oxygen atoms in total. The second kappa shape index (κ2) is 4.87. The molecule has 0 bridgehead atoms. The summed E-state index contributed by atoms with van der Waals surface area (Å²) < 4.78 is 0. The fourth-order valence-electron chi connectivity index (χ4n) is 2.55. The summed E-state index contributed by atoms with van der Waals surface area (Å²) in [5, 5.41) is 19.3. The zero-order chi connectivity index (χ0) is 14.3. The molecule has 0 amide bonds. The van der Waals surface area contributed by atoms with Gasteiger partial charge in [0.25, 0.3) is 0 Å². The minimum atomic E-state index is -0.251. The number of benzene rings is 2. The molecule has 2 aromatic rings. The van der Waals surface area contributed by atoms with Gasteiger partial charge in [0.15, 0.2) is 17.3 Å². The highest BCUT2D eigenvalue weighted by Gasteiger charge is 2.29. The number of Topliss-reactive ketones (excluding diaryl/α,β-unsaturated/α-hetero) is 1. The van der Waals surface area contributed by atoms with E-state index in [2.05, 4.69) is 0 Å². The number of carbonyl (C=O) groups is 1. The maximum atomic E-state index is 12.7. The van der Waals surface area contributed by atoms with E-state index in [0.717, 1.165) is 10.5 Å². The number of rotatable bonds is 1. The van der Waals surface area contributed by atoms with Crippen LogP contribution in [0.3, 0.4) is 0 Å². The van der Waals surface area contributed by atoms with E-state index in [1.165, 1.54) is 23.9 Å². The van der Waals surface area contributed by atoms with E-state index in [1.54, 1.807) is 0 Å². The number of carbonyl (C=O) groups excluding carboxylic acids is 1. The SMILES string of the molecule is CCC1C(=O)c2cc(O)c(O)cc2Sc2ccccc21. The fraction of sp³-hybridized carbons (Fsp3) is 0.188. The molecule has 1 aliphatic heterocycles. The lowest BCUT2D eigenvalue weighted by Gasteiger charge is -2.14. The number of hydrogen-bond donors (Lipinski definition) is 2. The Morgan fingerprint density at radius 3 is 2.55 bits per heavy atom. The average Bonchev–Trinajstić information content (AvgIpc) is 2.55. The first-order valence-electron chi connectivity index (χ1n) is 6.48. The second-order valence-corrected chi connectivity index (χ2v) is 5.89. The molecule has 1 unspecified atom stereocenters. The summed E-state index contributed by atoms with van der Waals surface area (Å²) in [6.45, 7) is 1.98. The molecule has 0 aliphatic carbocycles. The monoisotopic (exact) mass is 286 g/mol. The molecule has 20 heavy (non-hydrogen) atoms. The molecule has 0 fully saturated rings. The molecule has 2 aromatic carbocycles. The van der Waals surface area contributed by atoms with Crippen LogP contribution in [0.25, 0.3) is 0 Å². The van der Waals surface area contributed by atoms with Crippen molar-refractivity contribution in [2.75, 3.05) is 0 Å². The Labute approximate surface area is 121 Å². The molecule has 0 aromatic heterocycles. The van der Waals surface area contributed by atoms with Gasteiger partial charge in [-0.2, -0.15) is 0 Å². The topological polar surface area (TPSA) is 57.5 Å². The standard InChI is InChI=1S/C16H14O3S/c1-2-9-10-5-3-4-6-14(10)20-15-8-13(18)12(17)7-11(15)16(9)19/h3-9,17-18H,2H2,1H3. The smallest absolute Gasteiger partial charge is 0.171 e. The highest BCUT2D eigenvalue weighted by atomic mass is 32.2. The van der Waals surface area contributed by atoms with Gasteiger partial charge >= 0.3 is 0 Å². The van der Waals surface area contributed by atoms with Crippen molar-refractivity contribution in [1.82, 2.24) is 0 Å². The third-order valence-electron chi connectivity index (χ3n) is 3.58. The normalized spacial score (nSPS) is 17.2. The molecule has 3 rings (SSSR count). The van der Waals surface area contributed by atoms with E-state index in [1.807, 2.05) is 31.2 Å². The predicted molar refractivity (Wildman–Crippen MR) is 77.7 cm³/mol. The summed E-state index contributed by atoms with van der Waals surface area (Å²) in [5.74, 6) is -0.658. The van der Waals surface area contributed by atoms with E-state index in [0.29, 0.717) is 16.9 Å². The quantitative estimate of drug-likeness (QED) is 0.780. The van der Waals surface area contributed by atoms with Gasteiger partial charge in [-0.25, -0.2) is 0 Å². The van der Waals surface area contributed by atoms with Gasteiger partial charge in [-0.15, -0.1) is 0 Å². The number of phenolic OH excluding ortho intramolecular Hbond substituents is 2. The van der Waals surface area contributed by atoms with Gasteiger partial charge in [-0.1, -0.05) is 36.9 Å². The van der Waals surface area contributed by atoms with Crippen LogP contribution in [0.15, 0.2) is 46.2 Å². The Morgan fingerprint density at radius 2 is 1.80 bits per heavy atom. The molecule has 1 atom stereocenters. The summed E-state index contributed by atoms with van der Waals surface area (Å²) in [4.78, 5) is 14.4. The Balaban J connectivity index is 2.25. The number of ketones is 1. The van der Waals surface area contributed by atoms with Gasteiger partial charge in [0.1, 0.15) is 0 Å². The van der Waals surface area contributed by atoms with Crippen molar-refractivity contribution in [3.05, 3.63) is 47.5 Å². The van der Waals surface area contributed by atoms with Crippen LogP contribution >= 0.6 is 11.8 Å². The van der Waals surface area contributed by atoms with Gasteiger partial charge in [-0.05, 0) is 30.2 Å².